The van der Waals surface area contributed by atoms with Crippen LogP contribution in [0.1, 0.15) is 30.7 Å². The lowest BCUT2D eigenvalue weighted by Crippen LogP contribution is -2.27. The molecule has 0 radical (unpaired) electrons. The average Bonchev–Trinajstić information content (AvgIpc) is 2.97. The highest BCUT2D eigenvalue weighted by Crippen LogP contribution is 2.45. The van der Waals surface area contributed by atoms with Gasteiger partial charge in [0.15, 0.2) is 5.78 Å². The van der Waals surface area contributed by atoms with E-state index in [-0.39, 0.29) is 11.7 Å². The molecule has 2 aromatic rings. The maximum Gasteiger partial charge on any atom is 0.205 e. The van der Waals surface area contributed by atoms with E-state index in [4.69, 9.17) is 10.5 Å². The summed E-state index contributed by atoms with van der Waals surface area (Å²) in [5.41, 5.74) is 8.72. The minimum Gasteiger partial charge on any atom is -0.444 e. The maximum absolute atomic E-state index is 12.5. The standard InChI is InChI=1S/C18H15N3O2/c19-8-11-16(12-9-21-13-5-2-1-4-10(12)13)17-14(22)6-3-7-15(17)23-18(11)20/h1-2,4-5,9,16,21H,3,6-7,20H2/t16-/m0/s1. The zero-order chi connectivity index (χ0) is 16.0. The number of carbonyl (C=O) groups excluding carboxylic acids is 1. The number of nitriles is 1. The molecular weight excluding hydrogens is 290 g/mol. The summed E-state index contributed by atoms with van der Waals surface area (Å²) in [6, 6.07) is 9.97. The summed E-state index contributed by atoms with van der Waals surface area (Å²) in [6.07, 6.45) is 3.78. The Labute approximate surface area is 133 Å². The minimum absolute atomic E-state index is 0.0433. The monoisotopic (exact) mass is 305 g/mol. The normalized spacial score (nSPS) is 21.2. The number of nitrogens with two attached hydrogens (primary N) is 1. The Morgan fingerprint density at radius 2 is 2.13 bits per heavy atom. The van der Waals surface area contributed by atoms with Crippen molar-refractivity contribution in [3.63, 3.8) is 0 Å². The van der Waals surface area contributed by atoms with Gasteiger partial charge in [0.25, 0.3) is 0 Å². The zero-order valence-corrected chi connectivity index (χ0v) is 12.4. The fourth-order valence-corrected chi connectivity index (χ4v) is 3.50. The molecule has 5 heteroatoms. The summed E-state index contributed by atoms with van der Waals surface area (Å²) in [5.74, 6) is 0.318. The molecule has 5 nitrogen and oxygen atoms in total. The highest BCUT2D eigenvalue weighted by molar-refractivity contribution is 6.00. The van der Waals surface area contributed by atoms with Crippen LogP contribution < -0.4 is 5.73 Å². The first-order valence-electron chi connectivity index (χ1n) is 7.60. The Bertz CT molecular complexity index is 927. The number of fused-ring (bicyclic) bond motifs is 1. The Balaban J connectivity index is 1.98. The number of para-hydroxylation sites is 1. The third kappa shape index (κ3) is 1.95. The SMILES string of the molecule is N#CC1=C(N)OC2=C(C(=O)CCC2)[C@@H]1c1c[nH]c2ccccc12. The summed E-state index contributed by atoms with van der Waals surface area (Å²) < 4.78 is 5.59. The molecule has 1 atom stereocenters. The van der Waals surface area contributed by atoms with E-state index in [1.165, 1.54) is 0 Å². The van der Waals surface area contributed by atoms with E-state index >= 15 is 0 Å². The molecule has 114 valence electrons. The number of nitrogens with zero attached hydrogens (tertiary/aromatic N) is 1. The number of allylic oxidation sites excluding steroid dienone is 3. The number of ether oxygens (including phenoxy) is 1. The molecule has 0 saturated carbocycles. The van der Waals surface area contributed by atoms with E-state index in [2.05, 4.69) is 11.1 Å². The molecule has 1 aliphatic carbocycles. The molecule has 0 amide bonds. The molecule has 0 spiro atoms. The molecule has 0 unspecified atom stereocenters. The van der Waals surface area contributed by atoms with Crippen molar-refractivity contribution in [2.75, 3.05) is 0 Å². The van der Waals surface area contributed by atoms with Crippen molar-refractivity contribution >= 4 is 16.7 Å². The molecule has 1 aromatic heterocycles. The maximum atomic E-state index is 12.5. The first-order valence-corrected chi connectivity index (χ1v) is 7.60. The van der Waals surface area contributed by atoms with Crippen molar-refractivity contribution in [1.82, 2.24) is 4.98 Å². The number of Topliss-reactive ketones (excluding diaryl/α,β-unsaturated/α-hetero) is 1. The van der Waals surface area contributed by atoms with Crippen LogP contribution in [0, 0.1) is 11.3 Å². The molecule has 23 heavy (non-hydrogen) atoms. The Morgan fingerprint density at radius 1 is 1.30 bits per heavy atom. The Morgan fingerprint density at radius 3 is 2.96 bits per heavy atom. The van der Waals surface area contributed by atoms with Gasteiger partial charge in [0, 0.05) is 35.5 Å². The average molecular weight is 305 g/mol. The predicted octanol–water partition coefficient (Wildman–Crippen LogP) is 2.98. The van der Waals surface area contributed by atoms with Gasteiger partial charge in [0.05, 0.1) is 5.92 Å². The van der Waals surface area contributed by atoms with Crippen molar-refractivity contribution in [1.29, 1.82) is 5.26 Å². The van der Waals surface area contributed by atoms with Crippen LogP contribution in [-0.2, 0) is 9.53 Å². The van der Waals surface area contributed by atoms with E-state index in [0.717, 1.165) is 22.9 Å². The molecule has 2 aliphatic rings. The number of hydrogen-bond acceptors (Lipinski definition) is 4. The second-order valence-corrected chi connectivity index (χ2v) is 5.83. The minimum atomic E-state index is -0.451. The molecule has 0 saturated heterocycles. The summed E-state index contributed by atoms with van der Waals surface area (Å²) in [7, 11) is 0. The smallest absolute Gasteiger partial charge is 0.205 e. The van der Waals surface area contributed by atoms with Gasteiger partial charge < -0.3 is 15.5 Å². The van der Waals surface area contributed by atoms with Gasteiger partial charge in [-0.15, -0.1) is 0 Å². The largest absolute Gasteiger partial charge is 0.444 e. The van der Waals surface area contributed by atoms with E-state index in [1.54, 1.807) is 0 Å². The van der Waals surface area contributed by atoms with Crippen LogP contribution in [0.25, 0.3) is 10.9 Å². The number of aromatic amines is 1. The molecule has 0 fully saturated rings. The van der Waals surface area contributed by atoms with Gasteiger partial charge in [0.2, 0.25) is 5.88 Å². The van der Waals surface area contributed by atoms with Crippen LogP contribution in [0.4, 0.5) is 0 Å². The molecule has 3 N–H and O–H groups in total. The second-order valence-electron chi connectivity index (χ2n) is 5.83. The zero-order valence-electron chi connectivity index (χ0n) is 12.4. The third-order valence-electron chi connectivity index (χ3n) is 4.54. The van der Waals surface area contributed by atoms with E-state index in [1.807, 2.05) is 30.5 Å². The van der Waals surface area contributed by atoms with E-state index in [9.17, 15) is 10.1 Å². The van der Waals surface area contributed by atoms with Gasteiger partial charge in [-0.3, -0.25) is 4.79 Å². The van der Waals surface area contributed by atoms with Crippen LogP contribution in [0.2, 0.25) is 0 Å². The Hall–Kier alpha value is -3.00. The number of benzene rings is 1. The van der Waals surface area contributed by atoms with E-state index < -0.39 is 5.92 Å². The van der Waals surface area contributed by atoms with Crippen LogP contribution in [-0.4, -0.2) is 10.8 Å². The predicted molar refractivity (Wildman–Crippen MR) is 84.8 cm³/mol. The van der Waals surface area contributed by atoms with Crippen LogP contribution in [0.5, 0.6) is 0 Å². The fourth-order valence-electron chi connectivity index (χ4n) is 3.50. The number of ketones is 1. The quantitative estimate of drug-likeness (QED) is 0.847. The van der Waals surface area contributed by atoms with Gasteiger partial charge >= 0.3 is 0 Å². The van der Waals surface area contributed by atoms with Gasteiger partial charge in [-0.05, 0) is 18.1 Å². The third-order valence-corrected chi connectivity index (χ3v) is 4.54. The number of rotatable bonds is 1. The lowest BCUT2D eigenvalue weighted by atomic mass is 9.77. The van der Waals surface area contributed by atoms with Crippen molar-refractivity contribution < 1.29 is 9.53 Å². The highest BCUT2D eigenvalue weighted by atomic mass is 16.5. The second kappa shape index (κ2) is 5.03. The van der Waals surface area contributed by atoms with Gasteiger partial charge in [-0.2, -0.15) is 5.26 Å². The van der Waals surface area contributed by atoms with E-state index in [0.29, 0.717) is 29.7 Å². The number of hydrogen-bond donors (Lipinski definition) is 2. The molecule has 4 rings (SSSR count). The number of carbonyl (C=O) groups is 1. The summed E-state index contributed by atoms with van der Waals surface area (Å²) in [5, 5.41) is 10.6. The summed E-state index contributed by atoms with van der Waals surface area (Å²) in [6.45, 7) is 0. The van der Waals surface area contributed by atoms with Gasteiger partial charge in [-0.25, -0.2) is 0 Å². The number of H-pyrrole nitrogens is 1. The van der Waals surface area contributed by atoms with Crippen molar-refractivity contribution in [2.24, 2.45) is 5.73 Å². The van der Waals surface area contributed by atoms with Crippen molar-refractivity contribution in [2.45, 2.75) is 25.2 Å². The van der Waals surface area contributed by atoms with Crippen LogP contribution in [0.15, 0.2) is 53.3 Å². The van der Waals surface area contributed by atoms with Crippen molar-refractivity contribution in [3.8, 4) is 6.07 Å². The number of nitrogens with one attached hydrogen (secondary N) is 1. The first kappa shape index (κ1) is 13.6. The topological polar surface area (TPSA) is 91.9 Å². The molecule has 1 aliphatic heterocycles. The lowest BCUT2D eigenvalue weighted by molar-refractivity contribution is -0.116. The lowest BCUT2D eigenvalue weighted by Gasteiger charge is -2.30. The molecule has 1 aromatic carbocycles. The molecule has 0 bridgehead atoms. The highest BCUT2D eigenvalue weighted by Gasteiger charge is 2.38. The first-order chi connectivity index (χ1) is 11.2. The van der Waals surface area contributed by atoms with Gasteiger partial charge in [-0.1, -0.05) is 18.2 Å². The fraction of sp³-hybridized carbons (Fsp3) is 0.222. The molecule has 2 heterocycles. The summed E-state index contributed by atoms with van der Waals surface area (Å²) in [4.78, 5) is 15.7. The van der Waals surface area contributed by atoms with Crippen LogP contribution >= 0.6 is 0 Å². The summed E-state index contributed by atoms with van der Waals surface area (Å²) >= 11 is 0. The molecular formula is C18H15N3O2. The number of aromatic nitrogens is 1. The van der Waals surface area contributed by atoms with Gasteiger partial charge in [0.1, 0.15) is 17.4 Å². The van der Waals surface area contributed by atoms with Crippen molar-refractivity contribution in [3.05, 3.63) is 58.8 Å². The van der Waals surface area contributed by atoms with Crippen LogP contribution in [0.3, 0.4) is 0 Å². The Kier molecular flexibility index (Phi) is 2.98.